The number of benzene rings is 2. The predicted octanol–water partition coefficient (Wildman–Crippen LogP) is 2.37. The Kier molecular flexibility index (Phi) is 5.99. The monoisotopic (exact) mass is 481 g/mol. The lowest BCUT2D eigenvalue weighted by atomic mass is 9.92. The molecule has 2 saturated heterocycles. The van der Waals surface area contributed by atoms with Gasteiger partial charge in [-0.05, 0) is 73.2 Å². The number of carbonyl (C=O) groups is 3. The fraction of sp³-hybridized carbons (Fsp3) is 0.400. The first kappa shape index (κ1) is 22.7. The highest BCUT2D eigenvalue weighted by atomic mass is 32.2. The molecule has 0 bridgehead atoms. The molecule has 1 aliphatic carbocycles. The van der Waals surface area contributed by atoms with Crippen molar-refractivity contribution in [1.82, 2.24) is 9.21 Å². The van der Waals surface area contributed by atoms with Gasteiger partial charge >= 0.3 is 0 Å². The van der Waals surface area contributed by atoms with Crippen LogP contribution < -0.4 is 4.90 Å². The summed E-state index contributed by atoms with van der Waals surface area (Å²) in [5.74, 6) is -0.669. The summed E-state index contributed by atoms with van der Waals surface area (Å²) in [6.45, 7) is 1.07. The highest BCUT2D eigenvalue weighted by Gasteiger charge is 2.32. The number of piperazine rings is 1. The van der Waals surface area contributed by atoms with E-state index in [9.17, 15) is 22.8 Å². The molecule has 0 saturated carbocycles. The van der Waals surface area contributed by atoms with Gasteiger partial charge in [-0.3, -0.25) is 19.3 Å². The van der Waals surface area contributed by atoms with E-state index in [-0.39, 0.29) is 43.7 Å². The van der Waals surface area contributed by atoms with Gasteiger partial charge in [-0.25, -0.2) is 8.42 Å². The van der Waals surface area contributed by atoms with Crippen molar-refractivity contribution in [2.45, 2.75) is 43.4 Å². The summed E-state index contributed by atoms with van der Waals surface area (Å²) in [4.78, 5) is 39.9. The Morgan fingerprint density at radius 1 is 0.735 bits per heavy atom. The maximum atomic E-state index is 13.2. The Morgan fingerprint density at radius 2 is 1.35 bits per heavy atom. The topological polar surface area (TPSA) is 95.1 Å². The van der Waals surface area contributed by atoms with Crippen LogP contribution in [0.4, 0.5) is 5.69 Å². The zero-order chi connectivity index (χ0) is 23.9. The molecule has 5 rings (SSSR count). The molecule has 0 N–H and O–H groups in total. The van der Waals surface area contributed by atoms with Gasteiger partial charge in [0.05, 0.1) is 10.6 Å². The molecule has 2 aliphatic heterocycles. The van der Waals surface area contributed by atoms with E-state index in [0.717, 1.165) is 36.1 Å². The van der Waals surface area contributed by atoms with Gasteiger partial charge in [0.2, 0.25) is 21.8 Å². The van der Waals surface area contributed by atoms with E-state index in [1.807, 2.05) is 12.1 Å². The molecule has 8 nitrogen and oxygen atoms in total. The maximum Gasteiger partial charge on any atom is 0.253 e. The van der Waals surface area contributed by atoms with Crippen LogP contribution in [0, 0.1) is 0 Å². The van der Waals surface area contributed by atoms with E-state index in [4.69, 9.17) is 0 Å². The SMILES string of the molecule is O=C(c1ccc(N2C(=O)CCC2=O)cc1)N1CCN(S(=O)(=O)c2ccc3c(c2)CCCC3)CC1. The van der Waals surface area contributed by atoms with E-state index in [1.165, 1.54) is 9.87 Å². The molecule has 178 valence electrons. The molecule has 2 fully saturated rings. The van der Waals surface area contributed by atoms with E-state index in [1.54, 1.807) is 35.2 Å². The van der Waals surface area contributed by atoms with Crippen molar-refractivity contribution in [2.24, 2.45) is 0 Å². The minimum Gasteiger partial charge on any atom is -0.336 e. The van der Waals surface area contributed by atoms with E-state index >= 15 is 0 Å². The van der Waals surface area contributed by atoms with Gasteiger partial charge in [0.25, 0.3) is 5.91 Å². The molecule has 3 aliphatic rings. The second-order valence-electron chi connectivity index (χ2n) is 9.00. The van der Waals surface area contributed by atoms with E-state index in [0.29, 0.717) is 29.2 Å². The number of anilines is 1. The Labute approximate surface area is 199 Å². The molecule has 0 unspecified atom stereocenters. The second-order valence-corrected chi connectivity index (χ2v) is 10.9. The van der Waals surface area contributed by atoms with Crippen LogP contribution in [-0.2, 0) is 32.5 Å². The lowest BCUT2D eigenvalue weighted by Gasteiger charge is -2.34. The van der Waals surface area contributed by atoms with Gasteiger partial charge in [-0.15, -0.1) is 0 Å². The van der Waals surface area contributed by atoms with Crippen molar-refractivity contribution in [3.63, 3.8) is 0 Å². The number of fused-ring (bicyclic) bond motifs is 1. The first-order valence-corrected chi connectivity index (χ1v) is 13.2. The Hall–Kier alpha value is -3.04. The van der Waals surface area contributed by atoms with Crippen molar-refractivity contribution in [2.75, 3.05) is 31.1 Å². The van der Waals surface area contributed by atoms with Crippen molar-refractivity contribution < 1.29 is 22.8 Å². The van der Waals surface area contributed by atoms with Crippen LogP contribution in [0.2, 0.25) is 0 Å². The molecule has 34 heavy (non-hydrogen) atoms. The number of carbonyl (C=O) groups excluding carboxylic acids is 3. The van der Waals surface area contributed by atoms with E-state index in [2.05, 4.69) is 0 Å². The van der Waals surface area contributed by atoms with Gasteiger partial charge in [0, 0.05) is 44.6 Å². The van der Waals surface area contributed by atoms with Crippen LogP contribution in [0.15, 0.2) is 47.4 Å². The van der Waals surface area contributed by atoms with Gasteiger partial charge < -0.3 is 4.90 Å². The average Bonchev–Trinajstić information content (AvgIpc) is 3.21. The number of aryl methyl sites for hydroxylation is 2. The van der Waals surface area contributed by atoms with E-state index < -0.39 is 10.0 Å². The maximum absolute atomic E-state index is 13.2. The molecular formula is C25H27N3O5S. The molecule has 0 radical (unpaired) electrons. The number of sulfonamides is 1. The highest BCUT2D eigenvalue weighted by Crippen LogP contribution is 2.27. The van der Waals surface area contributed by atoms with Crippen LogP contribution in [0.25, 0.3) is 0 Å². The molecule has 0 aromatic heterocycles. The summed E-state index contributed by atoms with van der Waals surface area (Å²) in [5, 5.41) is 0. The molecular weight excluding hydrogens is 454 g/mol. The highest BCUT2D eigenvalue weighted by molar-refractivity contribution is 7.89. The molecule has 2 aromatic carbocycles. The first-order chi connectivity index (χ1) is 16.3. The van der Waals surface area contributed by atoms with Crippen molar-refractivity contribution in [1.29, 1.82) is 0 Å². The molecule has 2 heterocycles. The fourth-order valence-corrected chi connectivity index (χ4v) is 6.42. The minimum absolute atomic E-state index is 0.198. The first-order valence-electron chi connectivity index (χ1n) is 11.7. The lowest BCUT2D eigenvalue weighted by Crippen LogP contribution is -2.50. The molecule has 0 atom stereocenters. The summed E-state index contributed by atoms with van der Waals surface area (Å²) in [6.07, 6.45) is 4.56. The average molecular weight is 482 g/mol. The zero-order valence-electron chi connectivity index (χ0n) is 18.9. The number of hydrogen-bond donors (Lipinski definition) is 0. The Balaban J connectivity index is 1.24. The van der Waals surface area contributed by atoms with Gasteiger partial charge in [0.15, 0.2) is 0 Å². The number of hydrogen-bond acceptors (Lipinski definition) is 5. The smallest absolute Gasteiger partial charge is 0.253 e. The van der Waals surface area contributed by atoms with Gasteiger partial charge in [-0.1, -0.05) is 6.07 Å². The number of amides is 3. The van der Waals surface area contributed by atoms with Crippen LogP contribution >= 0.6 is 0 Å². The van der Waals surface area contributed by atoms with Crippen LogP contribution in [0.1, 0.15) is 47.2 Å². The van der Waals surface area contributed by atoms with Crippen LogP contribution in [0.3, 0.4) is 0 Å². The van der Waals surface area contributed by atoms with Crippen molar-refractivity contribution >= 4 is 33.4 Å². The third-order valence-electron chi connectivity index (χ3n) is 6.91. The number of nitrogens with zero attached hydrogens (tertiary/aromatic N) is 3. The molecule has 3 amide bonds. The molecule has 2 aromatic rings. The Bertz CT molecular complexity index is 1230. The van der Waals surface area contributed by atoms with Gasteiger partial charge in [-0.2, -0.15) is 4.31 Å². The molecule has 0 spiro atoms. The zero-order valence-corrected chi connectivity index (χ0v) is 19.7. The predicted molar refractivity (Wildman–Crippen MR) is 126 cm³/mol. The van der Waals surface area contributed by atoms with Crippen LogP contribution in [-0.4, -0.2) is 61.5 Å². The lowest BCUT2D eigenvalue weighted by molar-refractivity contribution is -0.121. The molecule has 9 heteroatoms. The number of imide groups is 1. The fourth-order valence-electron chi connectivity index (χ4n) is 4.95. The van der Waals surface area contributed by atoms with Crippen molar-refractivity contribution in [3.05, 3.63) is 59.2 Å². The largest absolute Gasteiger partial charge is 0.336 e. The summed E-state index contributed by atoms with van der Waals surface area (Å²) < 4.78 is 27.9. The third kappa shape index (κ3) is 4.14. The Morgan fingerprint density at radius 3 is 2.00 bits per heavy atom. The number of rotatable bonds is 4. The quantitative estimate of drug-likeness (QED) is 0.625. The third-order valence-corrected chi connectivity index (χ3v) is 8.80. The summed E-state index contributed by atoms with van der Waals surface area (Å²) in [6, 6.07) is 11.9. The van der Waals surface area contributed by atoms with Gasteiger partial charge in [0.1, 0.15) is 0 Å². The van der Waals surface area contributed by atoms with Crippen LogP contribution in [0.5, 0.6) is 0 Å². The summed E-state index contributed by atoms with van der Waals surface area (Å²) in [5.41, 5.74) is 3.27. The summed E-state index contributed by atoms with van der Waals surface area (Å²) in [7, 11) is -3.61. The normalized spacial score (nSPS) is 19.4. The van der Waals surface area contributed by atoms with Crippen molar-refractivity contribution in [3.8, 4) is 0 Å². The summed E-state index contributed by atoms with van der Waals surface area (Å²) >= 11 is 0. The minimum atomic E-state index is -3.61. The second kappa shape index (κ2) is 8.96. The standard InChI is InChI=1S/C25H27N3O5S/c29-23-11-12-24(30)28(23)21-8-5-19(6-9-21)25(31)26-13-15-27(16-14-26)34(32,33)22-10-7-18-3-1-2-4-20(18)17-22/h5-10,17H,1-4,11-16H2.